The number of carbonyl (C=O) groups is 3. The summed E-state index contributed by atoms with van der Waals surface area (Å²) in [6, 6.07) is 6.15. The minimum atomic E-state index is -0.427. The largest absolute Gasteiger partial charge is 0.465 e. The SMILES string of the molecule is COCCn1c(=NC(=O)CSCC(=O)Nc2sc3c(c2C(=O)OC)CCC(C)C3)sc2cc(C)ccc21. The number of ether oxygens (including phenoxy) is 2. The number of methoxy groups -OCH3 is 2. The van der Waals surface area contributed by atoms with Crippen molar-refractivity contribution in [3.05, 3.63) is 44.6 Å². The third-order valence-corrected chi connectivity index (χ3v) is 9.32. The molecule has 4 rings (SSSR count). The summed E-state index contributed by atoms with van der Waals surface area (Å²) in [5.41, 5.74) is 3.62. The Morgan fingerprint density at radius 1 is 1.22 bits per heavy atom. The first-order valence-electron chi connectivity index (χ1n) is 12.1. The van der Waals surface area contributed by atoms with Crippen molar-refractivity contribution in [3.63, 3.8) is 0 Å². The molecule has 8 nitrogen and oxygen atoms in total. The Morgan fingerprint density at radius 3 is 2.78 bits per heavy atom. The highest BCUT2D eigenvalue weighted by atomic mass is 32.2. The number of thiophene rings is 1. The van der Waals surface area contributed by atoms with E-state index < -0.39 is 5.97 Å². The van der Waals surface area contributed by atoms with Crippen molar-refractivity contribution in [1.29, 1.82) is 0 Å². The minimum absolute atomic E-state index is 0.0767. The molecule has 1 atom stereocenters. The summed E-state index contributed by atoms with van der Waals surface area (Å²) in [4.78, 5) is 43.9. The Labute approximate surface area is 228 Å². The topological polar surface area (TPSA) is 99.0 Å². The molecule has 0 radical (unpaired) electrons. The van der Waals surface area contributed by atoms with Gasteiger partial charge in [0.2, 0.25) is 5.91 Å². The van der Waals surface area contributed by atoms with Gasteiger partial charge in [-0.1, -0.05) is 24.3 Å². The maximum Gasteiger partial charge on any atom is 0.341 e. The zero-order valence-electron chi connectivity index (χ0n) is 21.4. The van der Waals surface area contributed by atoms with Crippen molar-refractivity contribution in [3.8, 4) is 0 Å². The average Bonchev–Trinajstić information content (AvgIpc) is 3.37. The van der Waals surface area contributed by atoms with Gasteiger partial charge < -0.3 is 19.4 Å². The van der Waals surface area contributed by atoms with E-state index >= 15 is 0 Å². The van der Waals surface area contributed by atoms with E-state index in [4.69, 9.17) is 9.47 Å². The van der Waals surface area contributed by atoms with Crippen LogP contribution < -0.4 is 10.1 Å². The number of anilines is 1. The highest BCUT2D eigenvalue weighted by Crippen LogP contribution is 2.40. The summed E-state index contributed by atoms with van der Waals surface area (Å²) in [5.74, 6) is -0.290. The fourth-order valence-electron chi connectivity index (χ4n) is 4.35. The predicted molar refractivity (Wildman–Crippen MR) is 150 cm³/mol. The number of hydrogen-bond acceptors (Lipinski definition) is 8. The van der Waals surface area contributed by atoms with E-state index in [2.05, 4.69) is 23.3 Å². The van der Waals surface area contributed by atoms with Gasteiger partial charge in [0, 0.05) is 18.5 Å². The number of aromatic nitrogens is 1. The van der Waals surface area contributed by atoms with E-state index in [9.17, 15) is 14.4 Å². The average molecular weight is 562 g/mol. The number of fused-ring (bicyclic) bond motifs is 2. The maximum absolute atomic E-state index is 12.7. The zero-order chi connectivity index (χ0) is 26.5. The molecular weight excluding hydrogens is 531 g/mol. The number of nitrogens with zero attached hydrogens (tertiary/aromatic N) is 2. The lowest BCUT2D eigenvalue weighted by Gasteiger charge is -2.18. The van der Waals surface area contributed by atoms with Gasteiger partial charge in [-0.15, -0.1) is 23.1 Å². The number of hydrogen-bond donors (Lipinski definition) is 1. The lowest BCUT2D eigenvalue weighted by Crippen LogP contribution is -2.20. The molecule has 0 spiro atoms. The molecule has 0 saturated carbocycles. The molecule has 0 aliphatic heterocycles. The first kappa shape index (κ1) is 27.6. The monoisotopic (exact) mass is 561 g/mol. The summed E-state index contributed by atoms with van der Waals surface area (Å²) >= 11 is 4.12. The van der Waals surface area contributed by atoms with Crippen LogP contribution in [0.5, 0.6) is 0 Å². The predicted octanol–water partition coefficient (Wildman–Crippen LogP) is 4.43. The molecule has 3 aromatic rings. The third-order valence-electron chi connectivity index (χ3n) is 6.19. The Kier molecular flexibility index (Phi) is 9.22. The Bertz CT molecular complexity index is 1390. The van der Waals surface area contributed by atoms with Crippen LogP contribution in [0.4, 0.5) is 5.00 Å². The van der Waals surface area contributed by atoms with Crippen molar-refractivity contribution in [2.45, 2.75) is 39.7 Å². The van der Waals surface area contributed by atoms with Gasteiger partial charge in [0.15, 0.2) is 4.80 Å². The van der Waals surface area contributed by atoms with Crippen LogP contribution in [-0.4, -0.2) is 54.7 Å². The van der Waals surface area contributed by atoms with Crippen LogP contribution in [0.1, 0.15) is 39.7 Å². The number of carbonyl (C=O) groups excluding carboxylic acids is 3. The second-order valence-corrected chi connectivity index (χ2v) is 12.2. The van der Waals surface area contributed by atoms with E-state index in [0.29, 0.717) is 34.4 Å². The van der Waals surface area contributed by atoms with Crippen LogP contribution >= 0.6 is 34.4 Å². The summed E-state index contributed by atoms with van der Waals surface area (Å²) in [6.45, 7) is 5.32. The molecule has 1 aliphatic rings. The number of thiazole rings is 1. The maximum atomic E-state index is 12.7. The lowest BCUT2D eigenvalue weighted by atomic mass is 9.88. The molecular formula is C26H31N3O5S3. The number of esters is 1. The van der Waals surface area contributed by atoms with Crippen molar-refractivity contribution in [2.24, 2.45) is 10.9 Å². The normalized spacial score (nSPS) is 15.6. The van der Waals surface area contributed by atoms with Crippen LogP contribution in [-0.2, 0) is 38.4 Å². The molecule has 2 aromatic heterocycles. The van der Waals surface area contributed by atoms with Crippen molar-refractivity contribution >= 4 is 67.4 Å². The van der Waals surface area contributed by atoms with Crippen molar-refractivity contribution < 1.29 is 23.9 Å². The van der Waals surface area contributed by atoms with Gasteiger partial charge in [0.25, 0.3) is 5.91 Å². The highest BCUT2D eigenvalue weighted by molar-refractivity contribution is 8.00. The molecule has 198 valence electrons. The van der Waals surface area contributed by atoms with E-state index in [1.165, 1.54) is 41.5 Å². The standard InChI is InChI=1S/C26H31N3O5S3/c1-15-5-7-17-19(11-15)36-24(23(17)25(32)34-4)27-21(30)13-35-14-22(31)28-26-29(9-10-33-3)18-8-6-16(2)12-20(18)37-26/h6,8,12,15H,5,7,9-11,13-14H2,1-4H3,(H,27,30). The van der Waals surface area contributed by atoms with Crippen LogP contribution in [0.25, 0.3) is 10.2 Å². The van der Waals surface area contributed by atoms with Crippen LogP contribution in [0.15, 0.2) is 23.2 Å². The fraction of sp³-hybridized carbons (Fsp3) is 0.462. The molecule has 0 saturated heterocycles. The van der Waals surface area contributed by atoms with Gasteiger partial charge in [-0.25, -0.2) is 4.79 Å². The van der Waals surface area contributed by atoms with Gasteiger partial charge in [-0.3, -0.25) is 9.59 Å². The lowest BCUT2D eigenvalue weighted by molar-refractivity contribution is -0.115. The molecule has 0 fully saturated rings. The number of rotatable bonds is 9. The second-order valence-electron chi connectivity index (χ2n) is 9.09. The number of nitrogens with one attached hydrogen (secondary N) is 1. The summed E-state index contributed by atoms with van der Waals surface area (Å²) < 4.78 is 13.3. The van der Waals surface area contributed by atoms with Gasteiger partial charge in [-0.2, -0.15) is 4.99 Å². The van der Waals surface area contributed by atoms with Crippen molar-refractivity contribution in [1.82, 2.24) is 4.57 Å². The van der Waals surface area contributed by atoms with E-state index in [-0.39, 0.29) is 23.3 Å². The first-order valence-corrected chi connectivity index (χ1v) is 14.9. The van der Waals surface area contributed by atoms with E-state index in [1.54, 1.807) is 7.11 Å². The molecule has 0 bridgehead atoms. The summed E-state index contributed by atoms with van der Waals surface area (Å²) in [7, 11) is 2.99. The Morgan fingerprint density at radius 2 is 2.03 bits per heavy atom. The van der Waals surface area contributed by atoms with Gasteiger partial charge in [0.05, 0.1) is 41.0 Å². The molecule has 1 aliphatic carbocycles. The molecule has 1 unspecified atom stereocenters. The smallest absolute Gasteiger partial charge is 0.341 e. The van der Waals surface area contributed by atoms with E-state index in [1.807, 2.05) is 23.6 Å². The Balaban J connectivity index is 1.41. The van der Waals surface area contributed by atoms with E-state index in [0.717, 1.165) is 45.5 Å². The van der Waals surface area contributed by atoms with Crippen LogP contribution in [0, 0.1) is 12.8 Å². The van der Waals surface area contributed by atoms with Gasteiger partial charge >= 0.3 is 5.97 Å². The number of thioether (sulfide) groups is 1. The first-order chi connectivity index (χ1) is 17.8. The molecule has 1 aromatic carbocycles. The summed E-state index contributed by atoms with van der Waals surface area (Å²) in [6.07, 6.45) is 2.71. The zero-order valence-corrected chi connectivity index (χ0v) is 23.9. The quantitative estimate of drug-likeness (QED) is 0.388. The van der Waals surface area contributed by atoms with Gasteiger partial charge in [-0.05, 0) is 55.4 Å². The van der Waals surface area contributed by atoms with Crippen molar-refractivity contribution in [2.75, 3.05) is 37.6 Å². The second kappa shape index (κ2) is 12.4. The number of amides is 2. The summed E-state index contributed by atoms with van der Waals surface area (Å²) in [5, 5.41) is 3.41. The molecule has 1 N–H and O–H groups in total. The van der Waals surface area contributed by atoms with Crippen LogP contribution in [0.3, 0.4) is 0 Å². The highest BCUT2D eigenvalue weighted by Gasteiger charge is 2.28. The molecule has 2 amide bonds. The van der Waals surface area contributed by atoms with Gasteiger partial charge in [0.1, 0.15) is 5.00 Å². The number of aryl methyl sites for hydroxylation is 1. The molecule has 37 heavy (non-hydrogen) atoms. The van der Waals surface area contributed by atoms with Crippen LogP contribution in [0.2, 0.25) is 0 Å². The Hall–Kier alpha value is -2.47. The molecule has 2 heterocycles. The molecule has 11 heteroatoms. The number of benzene rings is 1. The minimum Gasteiger partial charge on any atom is -0.465 e. The fourth-order valence-corrected chi connectivity index (χ4v) is 7.54. The third kappa shape index (κ3) is 6.51.